The van der Waals surface area contributed by atoms with Crippen LogP contribution < -0.4 is 0 Å². The number of hydrogen-bond acceptors (Lipinski definition) is 4. The highest BCUT2D eigenvalue weighted by atomic mass is 16.5. The molecule has 0 bridgehead atoms. The lowest BCUT2D eigenvalue weighted by Gasteiger charge is -2.40. The maximum absolute atomic E-state index is 9.50. The van der Waals surface area contributed by atoms with Crippen LogP contribution in [0.1, 0.15) is 47.1 Å². The summed E-state index contributed by atoms with van der Waals surface area (Å²) in [6.45, 7) is 3.19. The topological polar surface area (TPSA) is 45.5 Å². The van der Waals surface area contributed by atoms with Crippen molar-refractivity contribution in [2.45, 2.75) is 43.1 Å². The summed E-state index contributed by atoms with van der Waals surface area (Å²) in [6.07, 6.45) is 3.38. The summed E-state index contributed by atoms with van der Waals surface area (Å²) in [5.74, 6) is 0. The normalized spacial score (nSPS) is 19.7. The van der Waals surface area contributed by atoms with Crippen LogP contribution in [0.25, 0.3) is 11.1 Å². The molecular weight excluding hydrogens is 552 g/mol. The lowest BCUT2D eigenvalue weighted by molar-refractivity contribution is -0.0430. The zero-order valence-corrected chi connectivity index (χ0v) is 25.5. The predicted molar refractivity (Wildman–Crippen MR) is 178 cm³/mol. The van der Waals surface area contributed by atoms with E-state index >= 15 is 0 Å². The first-order chi connectivity index (χ1) is 22.2. The van der Waals surface area contributed by atoms with E-state index in [0.29, 0.717) is 18.8 Å². The molecule has 2 heterocycles. The van der Waals surface area contributed by atoms with Crippen LogP contribution in [0.2, 0.25) is 0 Å². The SMILES string of the molecule is N#Cc1ccccc1-c1ccc(CO[C@H]2CN3CCC[C@@]3(COC(c3ccccc3)(c3ccccc3)c3ccccc3)C2)cc1. The van der Waals surface area contributed by atoms with Crippen LogP contribution in [0.15, 0.2) is 140 Å². The monoisotopic (exact) mass is 590 g/mol. The highest BCUT2D eigenvalue weighted by molar-refractivity contribution is 5.70. The van der Waals surface area contributed by atoms with Gasteiger partial charge in [-0.15, -0.1) is 0 Å². The number of fused-ring (bicyclic) bond motifs is 1. The number of benzene rings is 5. The number of hydrogen-bond donors (Lipinski definition) is 0. The number of nitriles is 1. The second-order valence-corrected chi connectivity index (χ2v) is 12.3. The molecule has 2 fully saturated rings. The molecule has 224 valence electrons. The summed E-state index contributed by atoms with van der Waals surface area (Å²) < 4.78 is 13.9. The van der Waals surface area contributed by atoms with Crippen molar-refractivity contribution in [1.29, 1.82) is 5.26 Å². The van der Waals surface area contributed by atoms with E-state index in [1.807, 2.05) is 24.3 Å². The largest absolute Gasteiger partial charge is 0.372 e. The molecule has 4 nitrogen and oxygen atoms in total. The molecule has 2 saturated heterocycles. The highest BCUT2D eigenvalue weighted by Gasteiger charge is 2.51. The van der Waals surface area contributed by atoms with Crippen molar-refractivity contribution in [3.05, 3.63) is 167 Å². The Morgan fingerprint density at radius 1 is 0.733 bits per heavy atom. The number of nitrogens with zero attached hydrogens (tertiary/aromatic N) is 2. The van der Waals surface area contributed by atoms with Crippen LogP contribution in [0.3, 0.4) is 0 Å². The van der Waals surface area contributed by atoms with Crippen molar-refractivity contribution >= 4 is 0 Å². The number of ether oxygens (including phenoxy) is 2. The second kappa shape index (κ2) is 12.8. The van der Waals surface area contributed by atoms with E-state index < -0.39 is 5.60 Å². The molecule has 0 aliphatic carbocycles. The lowest BCUT2D eigenvalue weighted by atomic mass is 9.79. The van der Waals surface area contributed by atoms with Gasteiger partial charge in [0, 0.05) is 12.1 Å². The van der Waals surface area contributed by atoms with Gasteiger partial charge in [-0.2, -0.15) is 5.26 Å². The molecule has 5 aromatic carbocycles. The first-order valence-electron chi connectivity index (χ1n) is 16.0. The van der Waals surface area contributed by atoms with Gasteiger partial charge in [0.1, 0.15) is 5.60 Å². The molecule has 0 N–H and O–H groups in total. The van der Waals surface area contributed by atoms with Gasteiger partial charge in [-0.25, -0.2) is 0 Å². The molecule has 0 unspecified atom stereocenters. The average molecular weight is 591 g/mol. The molecule has 0 radical (unpaired) electrons. The van der Waals surface area contributed by atoms with Crippen LogP contribution in [-0.4, -0.2) is 36.2 Å². The van der Waals surface area contributed by atoms with Crippen LogP contribution in [0.5, 0.6) is 0 Å². The Balaban J connectivity index is 1.10. The minimum atomic E-state index is -0.725. The minimum absolute atomic E-state index is 0.0564. The molecule has 2 atom stereocenters. The van der Waals surface area contributed by atoms with Crippen molar-refractivity contribution in [2.75, 3.05) is 19.7 Å². The Morgan fingerprint density at radius 3 is 1.91 bits per heavy atom. The van der Waals surface area contributed by atoms with Gasteiger partial charge in [0.25, 0.3) is 0 Å². The molecule has 4 heteroatoms. The molecular formula is C41H38N2O2. The van der Waals surface area contributed by atoms with Gasteiger partial charge in [-0.05, 0) is 65.3 Å². The number of rotatable bonds is 10. The third-order valence-electron chi connectivity index (χ3n) is 9.67. The Labute approximate surface area is 266 Å². The van der Waals surface area contributed by atoms with Gasteiger partial charge >= 0.3 is 0 Å². The lowest BCUT2D eigenvalue weighted by Crippen LogP contribution is -2.46. The van der Waals surface area contributed by atoms with Crippen molar-refractivity contribution in [1.82, 2.24) is 4.90 Å². The van der Waals surface area contributed by atoms with Crippen molar-refractivity contribution in [2.24, 2.45) is 0 Å². The molecule has 2 aliphatic rings. The summed E-state index contributed by atoms with van der Waals surface area (Å²) in [4.78, 5) is 2.62. The molecule has 2 aliphatic heterocycles. The van der Waals surface area contributed by atoms with Gasteiger partial charge in [-0.3, -0.25) is 4.90 Å². The van der Waals surface area contributed by atoms with E-state index in [1.165, 1.54) is 6.42 Å². The zero-order chi connectivity index (χ0) is 30.5. The molecule has 0 aromatic heterocycles. The first-order valence-corrected chi connectivity index (χ1v) is 16.0. The molecule has 0 saturated carbocycles. The Hall–Kier alpha value is -4.53. The van der Waals surface area contributed by atoms with E-state index in [0.717, 1.165) is 59.3 Å². The molecule has 5 aromatic rings. The molecule has 7 rings (SSSR count). The third-order valence-corrected chi connectivity index (χ3v) is 9.67. The van der Waals surface area contributed by atoms with Gasteiger partial charge < -0.3 is 9.47 Å². The molecule has 0 spiro atoms. The fourth-order valence-electron chi connectivity index (χ4n) is 7.42. The zero-order valence-electron chi connectivity index (χ0n) is 25.5. The van der Waals surface area contributed by atoms with Gasteiger partial charge in [0.05, 0.1) is 31.0 Å². The Morgan fingerprint density at radius 2 is 1.31 bits per heavy atom. The van der Waals surface area contributed by atoms with E-state index in [2.05, 4.69) is 126 Å². The van der Waals surface area contributed by atoms with E-state index in [4.69, 9.17) is 9.47 Å². The van der Waals surface area contributed by atoms with Crippen molar-refractivity contribution in [3.63, 3.8) is 0 Å². The molecule has 45 heavy (non-hydrogen) atoms. The quantitative estimate of drug-likeness (QED) is 0.153. The highest BCUT2D eigenvalue weighted by Crippen LogP contribution is 2.45. The van der Waals surface area contributed by atoms with Crippen molar-refractivity contribution < 1.29 is 9.47 Å². The maximum Gasteiger partial charge on any atom is 0.143 e. The second-order valence-electron chi connectivity index (χ2n) is 12.3. The van der Waals surface area contributed by atoms with Crippen LogP contribution in [-0.2, 0) is 21.7 Å². The van der Waals surface area contributed by atoms with Gasteiger partial charge in [0.2, 0.25) is 0 Å². The smallest absolute Gasteiger partial charge is 0.143 e. The summed E-state index contributed by atoms with van der Waals surface area (Å²) in [5, 5.41) is 9.50. The Kier molecular flexibility index (Phi) is 8.33. The van der Waals surface area contributed by atoms with Crippen LogP contribution >= 0.6 is 0 Å². The summed E-state index contributed by atoms with van der Waals surface area (Å²) in [7, 11) is 0. The van der Waals surface area contributed by atoms with Gasteiger partial charge in [-0.1, -0.05) is 133 Å². The third kappa shape index (κ3) is 5.72. The van der Waals surface area contributed by atoms with Crippen LogP contribution in [0.4, 0.5) is 0 Å². The maximum atomic E-state index is 9.50. The average Bonchev–Trinajstić information content (AvgIpc) is 3.66. The van der Waals surface area contributed by atoms with Crippen LogP contribution in [0, 0.1) is 11.3 Å². The predicted octanol–water partition coefficient (Wildman–Crippen LogP) is 8.36. The Bertz CT molecular complexity index is 1650. The fraction of sp³-hybridized carbons (Fsp3) is 0.244. The van der Waals surface area contributed by atoms with Gasteiger partial charge in [0.15, 0.2) is 0 Å². The summed E-state index contributed by atoms with van der Waals surface area (Å²) in [6, 6.07) is 50.4. The van der Waals surface area contributed by atoms with E-state index in [9.17, 15) is 5.26 Å². The minimum Gasteiger partial charge on any atom is -0.372 e. The van der Waals surface area contributed by atoms with E-state index in [1.54, 1.807) is 0 Å². The van der Waals surface area contributed by atoms with E-state index in [-0.39, 0.29) is 11.6 Å². The fourth-order valence-corrected chi connectivity index (χ4v) is 7.42. The standard InChI is InChI=1S/C41H38N2O2/c42-28-34-13-10-11-20-39(34)33-23-21-32(22-24-33)30-44-38-27-40(25-12-26-43(40)29-38)31-45-41(35-14-4-1-5-15-35,36-16-6-2-7-17-36)37-18-8-3-9-19-37/h1-11,13-24,38H,12,25-27,29-31H2/t38-,40+/m1/s1. The first kappa shape index (κ1) is 29.2. The summed E-state index contributed by atoms with van der Waals surface area (Å²) >= 11 is 0. The van der Waals surface area contributed by atoms with Crippen molar-refractivity contribution in [3.8, 4) is 17.2 Å². The summed E-state index contributed by atoms with van der Waals surface area (Å²) in [5.41, 5.74) is 6.46. The molecule has 0 amide bonds.